The molecule has 1 aromatic heterocycles. The molecular formula is C16H16F2N2O2. The number of carbonyl (C=O) groups is 1. The van der Waals surface area contributed by atoms with Crippen molar-refractivity contribution in [3.05, 3.63) is 59.9 Å². The van der Waals surface area contributed by atoms with Gasteiger partial charge in [0.15, 0.2) is 17.4 Å². The number of amides is 1. The predicted octanol–water partition coefficient (Wildman–Crippen LogP) is 2.95. The minimum atomic E-state index is -0.692. The lowest BCUT2D eigenvalue weighted by molar-refractivity contribution is 0.0920. The second kappa shape index (κ2) is 7.49. The molecule has 1 atom stereocenters. The first-order valence-electron chi connectivity index (χ1n) is 6.90. The number of pyridine rings is 1. The van der Waals surface area contributed by atoms with E-state index in [1.807, 2.05) is 6.92 Å². The molecule has 2 aromatic rings. The number of rotatable bonds is 6. The smallest absolute Gasteiger partial charge is 0.254 e. The average molecular weight is 306 g/mol. The fourth-order valence-corrected chi connectivity index (χ4v) is 1.85. The summed E-state index contributed by atoms with van der Waals surface area (Å²) in [5.41, 5.74) is -0.0873. The van der Waals surface area contributed by atoms with Gasteiger partial charge in [0.05, 0.1) is 18.3 Å². The van der Waals surface area contributed by atoms with Crippen LogP contribution >= 0.6 is 0 Å². The fraction of sp³-hybridized carbons (Fsp3) is 0.250. The molecule has 1 unspecified atom stereocenters. The van der Waals surface area contributed by atoms with E-state index >= 15 is 0 Å². The highest BCUT2D eigenvalue weighted by Crippen LogP contribution is 2.17. The Balaban J connectivity index is 1.95. The lowest BCUT2D eigenvalue weighted by Gasteiger charge is -2.18. The molecule has 0 spiro atoms. The Morgan fingerprint density at radius 1 is 1.27 bits per heavy atom. The van der Waals surface area contributed by atoms with E-state index < -0.39 is 23.6 Å². The van der Waals surface area contributed by atoms with Crippen LogP contribution in [0.1, 0.15) is 23.7 Å². The van der Waals surface area contributed by atoms with Crippen LogP contribution in [0.4, 0.5) is 8.78 Å². The van der Waals surface area contributed by atoms with Gasteiger partial charge in [0, 0.05) is 6.20 Å². The number of hydrogen-bond acceptors (Lipinski definition) is 3. The van der Waals surface area contributed by atoms with Gasteiger partial charge in [0.25, 0.3) is 5.91 Å². The molecule has 0 bridgehead atoms. The maximum atomic E-state index is 13.5. The molecule has 0 fully saturated rings. The van der Waals surface area contributed by atoms with Crippen LogP contribution in [0.5, 0.6) is 5.75 Å². The molecule has 1 aromatic carbocycles. The summed E-state index contributed by atoms with van der Waals surface area (Å²) in [6.07, 6.45) is 2.46. The first-order valence-corrected chi connectivity index (χ1v) is 6.90. The number of ether oxygens (including phenoxy) is 1. The zero-order chi connectivity index (χ0) is 15.9. The summed E-state index contributed by atoms with van der Waals surface area (Å²) >= 11 is 0. The predicted molar refractivity (Wildman–Crippen MR) is 77.6 cm³/mol. The van der Waals surface area contributed by atoms with Gasteiger partial charge in [-0.2, -0.15) is 0 Å². The van der Waals surface area contributed by atoms with E-state index in [2.05, 4.69) is 10.3 Å². The van der Waals surface area contributed by atoms with Crippen LogP contribution in [0.25, 0.3) is 0 Å². The molecule has 0 aliphatic rings. The topological polar surface area (TPSA) is 51.2 Å². The Labute approximate surface area is 127 Å². The Bertz CT molecular complexity index is 650. The molecule has 1 N–H and O–H groups in total. The SMILES string of the molecule is CCC(CNC(=O)c1ccncc1F)Oc1ccccc1F. The first kappa shape index (κ1) is 15.9. The number of para-hydroxylation sites is 1. The molecule has 0 saturated heterocycles. The number of nitrogens with one attached hydrogen (secondary N) is 1. The van der Waals surface area contributed by atoms with Crippen molar-refractivity contribution in [3.8, 4) is 5.75 Å². The third-order valence-electron chi connectivity index (χ3n) is 3.09. The third kappa shape index (κ3) is 4.00. The molecule has 0 aliphatic carbocycles. The molecule has 0 radical (unpaired) electrons. The van der Waals surface area contributed by atoms with Gasteiger partial charge in [0.2, 0.25) is 0 Å². The van der Waals surface area contributed by atoms with Crippen molar-refractivity contribution in [2.45, 2.75) is 19.4 Å². The largest absolute Gasteiger partial charge is 0.486 e. The van der Waals surface area contributed by atoms with Crippen molar-refractivity contribution in [3.63, 3.8) is 0 Å². The number of benzene rings is 1. The normalized spacial score (nSPS) is 11.8. The molecule has 6 heteroatoms. The van der Waals surface area contributed by atoms with Crippen LogP contribution in [0.15, 0.2) is 42.7 Å². The highest BCUT2D eigenvalue weighted by atomic mass is 19.1. The second-order valence-electron chi connectivity index (χ2n) is 4.64. The summed E-state index contributed by atoms with van der Waals surface area (Å²) < 4.78 is 32.5. The molecule has 1 heterocycles. The summed E-state index contributed by atoms with van der Waals surface area (Å²) in [7, 11) is 0. The summed E-state index contributed by atoms with van der Waals surface area (Å²) in [4.78, 5) is 15.5. The summed E-state index contributed by atoms with van der Waals surface area (Å²) in [5.74, 6) is -1.59. The van der Waals surface area contributed by atoms with Gasteiger partial charge in [-0.05, 0) is 24.6 Å². The number of hydrogen-bond donors (Lipinski definition) is 1. The summed E-state index contributed by atoms with van der Waals surface area (Å²) in [5, 5.41) is 2.58. The van der Waals surface area contributed by atoms with Crippen molar-refractivity contribution >= 4 is 5.91 Å². The molecule has 116 valence electrons. The van der Waals surface area contributed by atoms with E-state index in [1.165, 1.54) is 24.4 Å². The maximum absolute atomic E-state index is 13.5. The van der Waals surface area contributed by atoms with Crippen LogP contribution in [-0.2, 0) is 0 Å². The lowest BCUT2D eigenvalue weighted by Crippen LogP contribution is -2.35. The second-order valence-corrected chi connectivity index (χ2v) is 4.64. The molecule has 0 saturated carbocycles. The number of aromatic nitrogens is 1. The van der Waals surface area contributed by atoms with Crippen LogP contribution in [0, 0.1) is 11.6 Å². The van der Waals surface area contributed by atoms with E-state index in [-0.39, 0.29) is 17.9 Å². The highest BCUT2D eigenvalue weighted by Gasteiger charge is 2.15. The van der Waals surface area contributed by atoms with Crippen LogP contribution < -0.4 is 10.1 Å². The van der Waals surface area contributed by atoms with Gasteiger partial charge < -0.3 is 10.1 Å². The average Bonchev–Trinajstić information content (AvgIpc) is 2.53. The summed E-state index contributed by atoms with van der Waals surface area (Å²) in [6.45, 7) is 2.00. The van der Waals surface area contributed by atoms with Crippen molar-refractivity contribution < 1.29 is 18.3 Å². The van der Waals surface area contributed by atoms with Gasteiger partial charge in [-0.25, -0.2) is 8.78 Å². The van der Waals surface area contributed by atoms with E-state index in [1.54, 1.807) is 12.1 Å². The van der Waals surface area contributed by atoms with E-state index in [0.29, 0.717) is 6.42 Å². The zero-order valence-electron chi connectivity index (χ0n) is 12.1. The van der Waals surface area contributed by atoms with Crippen LogP contribution in [0.2, 0.25) is 0 Å². The molecule has 22 heavy (non-hydrogen) atoms. The highest BCUT2D eigenvalue weighted by molar-refractivity contribution is 5.94. The van der Waals surface area contributed by atoms with E-state index in [9.17, 15) is 13.6 Å². The van der Waals surface area contributed by atoms with E-state index in [0.717, 1.165) is 6.20 Å². The van der Waals surface area contributed by atoms with Gasteiger partial charge in [-0.3, -0.25) is 9.78 Å². The first-order chi connectivity index (χ1) is 10.6. The van der Waals surface area contributed by atoms with Gasteiger partial charge in [-0.1, -0.05) is 19.1 Å². The van der Waals surface area contributed by atoms with Crippen LogP contribution in [-0.4, -0.2) is 23.5 Å². The summed E-state index contributed by atoms with van der Waals surface area (Å²) in [6, 6.07) is 7.34. The third-order valence-corrected chi connectivity index (χ3v) is 3.09. The molecule has 1 amide bonds. The van der Waals surface area contributed by atoms with Crippen molar-refractivity contribution in [1.82, 2.24) is 10.3 Å². The number of carbonyl (C=O) groups excluding carboxylic acids is 1. The van der Waals surface area contributed by atoms with Gasteiger partial charge in [0.1, 0.15) is 6.10 Å². The minimum Gasteiger partial charge on any atom is -0.486 e. The molecular weight excluding hydrogens is 290 g/mol. The van der Waals surface area contributed by atoms with Crippen molar-refractivity contribution in [2.75, 3.05) is 6.54 Å². The molecule has 2 rings (SSSR count). The number of nitrogens with zero attached hydrogens (tertiary/aromatic N) is 1. The quantitative estimate of drug-likeness (QED) is 0.892. The Morgan fingerprint density at radius 2 is 2.05 bits per heavy atom. The minimum absolute atomic E-state index is 0.0873. The molecule has 4 nitrogen and oxygen atoms in total. The maximum Gasteiger partial charge on any atom is 0.254 e. The monoisotopic (exact) mass is 306 g/mol. The zero-order valence-corrected chi connectivity index (χ0v) is 12.1. The number of halogens is 2. The van der Waals surface area contributed by atoms with Crippen molar-refractivity contribution in [2.24, 2.45) is 0 Å². The molecule has 0 aliphatic heterocycles. The Kier molecular flexibility index (Phi) is 5.41. The van der Waals surface area contributed by atoms with Gasteiger partial charge in [-0.15, -0.1) is 0 Å². The Morgan fingerprint density at radius 3 is 2.73 bits per heavy atom. The van der Waals surface area contributed by atoms with E-state index in [4.69, 9.17) is 4.74 Å². The van der Waals surface area contributed by atoms with Crippen LogP contribution in [0.3, 0.4) is 0 Å². The standard InChI is InChI=1S/C16H16F2N2O2/c1-2-11(22-15-6-4-3-5-13(15)17)9-20-16(21)12-7-8-19-10-14(12)18/h3-8,10-11H,2,9H2,1H3,(H,20,21). The van der Waals surface area contributed by atoms with Gasteiger partial charge >= 0.3 is 0 Å². The fourth-order valence-electron chi connectivity index (χ4n) is 1.85. The van der Waals surface area contributed by atoms with Crippen molar-refractivity contribution in [1.29, 1.82) is 0 Å². The lowest BCUT2D eigenvalue weighted by atomic mass is 10.2. The Hall–Kier alpha value is -2.50.